The van der Waals surface area contributed by atoms with E-state index in [4.69, 9.17) is 4.74 Å². The standard InChI is InChI=1S/C27H34N2O5/c1-5-16(3)23(25(30)28-24(26(31)32)17(4)6-2)29-27(33)34-15-22-20-13-9-7-11-18(20)19-12-8-10-14-21(19)22/h7-14,16-17,22-24H,5-6,15H2,1-4H3,(H,28,30)(H,29,33)(H,31,32)/t16-,17-,23-,24-/m0/s1. The Morgan fingerprint density at radius 3 is 1.85 bits per heavy atom. The van der Waals surface area contributed by atoms with E-state index in [1.807, 2.05) is 57.2 Å². The number of hydrogen-bond acceptors (Lipinski definition) is 4. The maximum Gasteiger partial charge on any atom is 0.407 e. The van der Waals surface area contributed by atoms with Gasteiger partial charge in [0.25, 0.3) is 0 Å². The van der Waals surface area contributed by atoms with Gasteiger partial charge >= 0.3 is 12.1 Å². The zero-order valence-electron chi connectivity index (χ0n) is 20.2. The molecular weight excluding hydrogens is 432 g/mol. The fraction of sp³-hybridized carbons (Fsp3) is 0.444. The number of amides is 2. The molecule has 2 aromatic carbocycles. The minimum Gasteiger partial charge on any atom is -0.480 e. The van der Waals surface area contributed by atoms with Gasteiger partial charge in [0, 0.05) is 5.92 Å². The number of ether oxygens (including phenoxy) is 1. The van der Waals surface area contributed by atoms with Gasteiger partial charge in [0.05, 0.1) is 0 Å². The summed E-state index contributed by atoms with van der Waals surface area (Å²) in [6.45, 7) is 7.53. The first-order chi connectivity index (χ1) is 16.3. The summed E-state index contributed by atoms with van der Waals surface area (Å²) in [5, 5.41) is 14.8. The van der Waals surface area contributed by atoms with Crippen LogP contribution in [0.25, 0.3) is 11.1 Å². The van der Waals surface area contributed by atoms with Crippen molar-refractivity contribution in [2.24, 2.45) is 11.8 Å². The number of carboxylic acids is 1. The van der Waals surface area contributed by atoms with Crippen LogP contribution in [0.2, 0.25) is 0 Å². The maximum atomic E-state index is 13.0. The molecule has 0 radical (unpaired) electrons. The van der Waals surface area contributed by atoms with Crippen molar-refractivity contribution in [2.45, 2.75) is 58.5 Å². The predicted octanol–water partition coefficient (Wildman–Crippen LogP) is 4.56. The molecule has 0 bridgehead atoms. The van der Waals surface area contributed by atoms with Gasteiger partial charge in [-0.1, -0.05) is 89.1 Å². The van der Waals surface area contributed by atoms with Gasteiger partial charge in [-0.15, -0.1) is 0 Å². The topological polar surface area (TPSA) is 105 Å². The van der Waals surface area contributed by atoms with Crippen LogP contribution in [0.1, 0.15) is 57.6 Å². The number of rotatable bonds is 10. The van der Waals surface area contributed by atoms with E-state index in [0.717, 1.165) is 22.3 Å². The molecule has 0 spiro atoms. The average molecular weight is 467 g/mol. The Labute approximate surface area is 200 Å². The zero-order valence-corrected chi connectivity index (χ0v) is 20.2. The number of hydrogen-bond donors (Lipinski definition) is 3. The molecule has 0 fully saturated rings. The highest BCUT2D eigenvalue weighted by molar-refractivity contribution is 5.89. The van der Waals surface area contributed by atoms with E-state index >= 15 is 0 Å². The fourth-order valence-corrected chi connectivity index (χ4v) is 4.40. The summed E-state index contributed by atoms with van der Waals surface area (Å²) in [6.07, 6.45) is 0.533. The molecule has 0 saturated carbocycles. The lowest BCUT2D eigenvalue weighted by molar-refractivity contribution is -0.143. The molecular formula is C27H34N2O5. The minimum absolute atomic E-state index is 0.0872. The van der Waals surface area contributed by atoms with E-state index in [0.29, 0.717) is 12.8 Å². The number of aliphatic carboxylic acids is 1. The van der Waals surface area contributed by atoms with Gasteiger partial charge in [0.2, 0.25) is 5.91 Å². The number of fused-ring (bicyclic) bond motifs is 3. The highest BCUT2D eigenvalue weighted by Gasteiger charge is 2.33. The smallest absolute Gasteiger partial charge is 0.407 e. The molecule has 34 heavy (non-hydrogen) atoms. The summed E-state index contributed by atoms with van der Waals surface area (Å²) in [5.74, 6) is -2.14. The molecule has 7 heteroatoms. The Morgan fingerprint density at radius 1 is 0.853 bits per heavy atom. The van der Waals surface area contributed by atoms with Crippen molar-refractivity contribution in [1.29, 1.82) is 0 Å². The van der Waals surface area contributed by atoms with Crippen LogP contribution in [0.4, 0.5) is 4.79 Å². The van der Waals surface area contributed by atoms with E-state index in [1.165, 1.54) is 0 Å². The number of carbonyl (C=O) groups is 3. The molecule has 0 saturated heterocycles. The van der Waals surface area contributed by atoms with Crippen LogP contribution in [0.5, 0.6) is 0 Å². The van der Waals surface area contributed by atoms with Crippen molar-refractivity contribution in [3.63, 3.8) is 0 Å². The molecule has 1 aliphatic carbocycles. The molecule has 0 aliphatic heterocycles. The molecule has 3 rings (SSSR count). The number of benzene rings is 2. The summed E-state index contributed by atoms with van der Waals surface area (Å²) in [6, 6.07) is 14.2. The Hall–Kier alpha value is -3.35. The third-order valence-electron chi connectivity index (χ3n) is 6.89. The molecule has 3 N–H and O–H groups in total. The van der Waals surface area contributed by atoms with Crippen LogP contribution in [0.3, 0.4) is 0 Å². The predicted molar refractivity (Wildman–Crippen MR) is 130 cm³/mol. The molecule has 2 amide bonds. The maximum absolute atomic E-state index is 13.0. The highest BCUT2D eigenvalue weighted by Crippen LogP contribution is 2.44. The minimum atomic E-state index is -1.09. The second kappa shape index (κ2) is 11.2. The summed E-state index contributed by atoms with van der Waals surface area (Å²) in [4.78, 5) is 37.3. The summed E-state index contributed by atoms with van der Waals surface area (Å²) < 4.78 is 5.59. The van der Waals surface area contributed by atoms with Crippen LogP contribution in [-0.2, 0) is 14.3 Å². The van der Waals surface area contributed by atoms with Gasteiger partial charge < -0.3 is 20.5 Å². The lowest BCUT2D eigenvalue weighted by atomic mass is 9.95. The van der Waals surface area contributed by atoms with Crippen LogP contribution in [-0.4, -0.2) is 41.8 Å². The third-order valence-corrected chi connectivity index (χ3v) is 6.89. The lowest BCUT2D eigenvalue weighted by Gasteiger charge is -2.27. The van der Waals surface area contributed by atoms with E-state index < -0.39 is 30.1 Å². The van der Waals surface area contributed by atoms with Crippen LogP contribution < -0.4 is 10.6 Å². The lowest BCUT2D eigenvalue weighted by Crippen LogP contribution is -2.55. The molecule has 0 unspecified atom stereocenters. The van der Waals surface area contributed by atoms with Crippen molar-refractivity contribution < 1.29 is 24.2 Å². The quantitative estimate of drug-likeness (QED) is 0.476. The number of nitrogens with one attached hydrogen (secondary N) is 2. The van der Waals surface area contributed by atoms with Crippen molar-refractivity contribution in [2.75, 3.05) is 6.61 Å². The summed E-state index contributed by atoms with van der Waals surface area (Å²) in [7, 11) is 0. The van der Waals surface area contributed by atoms with Gasteiger partial charge in [-0.3, -0.25) is 4.79 Å². The third kappa shape index (κ3) is 5.41. The molecule has 0 aromatic heterocycles. The van der Waals surface area contributed by atoms with Crippen LogP contribution >= 0.6 is 0 Å². The van der Waals surface area contributed by atoms with E-state index in [9.17, 15) is 19.5 Å². The van der Waals surface area contributed by atoms with E-state index in [2.05, 4.69) is 22.8 Å². The van der Waals surface area contributed by atoms with Gasteiger partial charge in [-0.2, -0.15) is 0 Å². The second-order valence-corrected chi connectivity index (χ2v) is 9.04. The summed E-state index contributed by atoms with van der Waals surface area (Å²) in [5.41, 5.74) is 4.47. The molecule has 7 nitrogen and oxygen atoms in total. The number of carbonyl (C=O) groups excluding carboxylic acids is 2. The molecule has 1 aliphatic rings. The van der Waals surface area contributed by atoms with Crippen molar-refractivity contribution in [1.82, 2.24) is 10.6 Å². The highest BCUT2D eigenvalue weighted by atomic mass is 16.5. The Balaban J connectivity index is 1.69. The molecule has 2 aromatic rings. The molecule has 4 atom stereocenters. The summed E-state index contributed by atoms with van der Waals surface area (Å²) >= 11 is 0. The van der Waals surface area contributed by atoms with Gasteiger partial charge in [-0.25, -0.2) is 9.59 Å². The first-order valence-corrected chi connectivity index (χ1v) is 11.9. The SMILES string of the molecule is CC[C@H](C)[C@H](NC(=O)[C@@H](NC(=O)OCC1c2ccccc2-c2ccccc21)[C@@H](C)CC)C(=O)O. The van der Waals surface area contributed by atoms with E-state index in [1.54, 1.807) is 6.92 Å². The first-order valence-electron chi connectivity index (χ1n) is 11.9. The van der Waals surface area contributed by atoms with Gasteiger partial charge in [0.15, 0.2) is 0 Å². The van der Waals surface area contributed by atoms with Crippen molar-refractivity contribution in [3.05, 3.63) is 59.7 Å². The fourth-order valence-electron chi connectivity index (χ4n) is 4.40. The van der Waals surface area contributed by atoms with Crippen molar-refractivity contribution in [3.8, 4) is 11.1 Å². The number of alkyl carbamates (subject to hydrolysis) is 1. The van der Waals surface area contributed by atoms with Gasteiger partial charge in [-0.05, 0) is 34.1 Å². The number of carboxylic acid groups (broad SMARTS) is 1. The van der Waals surface area contributed by atoms with Gasteiger partial charge in [0.1, 0.15) is 18.7 Å². The molecule has 182 valence electrons. The largest absolute Gasteiger partial charge is 0.480 e. The average Bonchev–Trinajstić information content (AvgIpc) is 3.17. The second-order valence-electron chi connectivity index (χ2n) is 9.04. The monoisotopic (exact) mass is 466 g/mol. The van der Waals surface area contributed by atoms with E-state index in [-0.39, 0.29) is 24.4 Å². The Kier molecular flexibility index (Phi) is 8.31. The van der Waals surface area contributed by atoms with Crippen LogP contribution in [0, 0.1) is 11.8 Å². The zero-order chi connectivity index (χ0) is 24.8. The van der Waals surface area contributed by atoms with Crippen LogP contribution in [0.15, 0.2) is 48.5 Å². The first kappa shape index (κ1) is 25.3. The van der Waals surface area contributed by atoms with Crippen molar-refractivity contribution >= 4 is 18.0 Å². The normalized spacial score (nSPS) is 15.9. The Morgan fingerprint density at radius 2 is 1.35 bits per heavy atom. The Bertz CT molecular complexity index is 992. The molecule has 0 heterocycles.